The third kappa shape index (κ3) is 2.20. The zero-order valence-electron chi connectivity index (χ0n) is 9.86. The van der Waals surface area contributed by atoms with Crippen LogP contribution in [-0.4, -0.2) is 36.4 Å². The quantitative estimate of drug-likeness (QED) is 0.894. The number of carbonyl (C=O) groups is 1. The summed E-state index contributed by atoms with van der Waals surface area (Å²) >= 11 is 1.40. The van der Waals surface area contributed by atoms with Crippen molar-refractivity contribution in [3.8, 4) is 0 Å². The maximum atomic E-state index is 11.0. The molecule has 17 heavy (non-hydrogen) atoms. The minimum absolute atomic E-state index is 0.132. The van der Waals surface area contributed by atoms with Gasteiger partial charge in [-0.2, -0.15) is 0 Å². The standard InChI is InChI=1S/C11H15NO4S/c1-7-8(9(13)14)12-10(17-7)11(15-2)3-5-16-6-4-11/h3-6H2,1-2H3,(H,13,14). The van der Waals surface area contributed by atoms with E-state index < -0.39 is 11.6 Å². The van der Waals surface area contributed by atoms with Gasteiger partial charge in [-0.1, -0.05) is 0 Å². The van der Waals surface area contributed by atoms with E-state index in [9.17, 15) is 4.79 Å². The van der Waals surface area contributed by atoms with Crippen LogP contribution in [0.2, 0.25) is 0 Å². The van der Waals surface area contributed by atoms with E-state index in [1.165, 1.54) is 11.3 Å². The van der Waals surface area contributed by atoms with E-state index >= 15 is 0 Å². The minimum Gasteiger partial charge on any atom is -0.476 e. The lowest BCUT2D eigenvalue weighted by atomic mass is 9.95. The third-order valence-electron chi connectivity index (χ3n) is 3.08. The first-order chi connectivity index (χ1) is 8.09. The number of aromatic nitrogens is 1. The Morgan fingerprint density at radius 2 is 2.18 bits per heavy atom. The molecule has 0 atom stereocenters. The molecule has 1 aromatic heterocycles. The summed E-state index contributed by atoms with van der Waals surface area (Å²) in [5.74, 6) is -0.983. The molecule has 0 aromatic carbocycles. The summed E-state index contributed by atoms with van der Waals surface area (Å²) in [7, 11) is 1.64. The molecular weight excluding hydrogens is 242 g/mol. The van der Waals surface area contributed by atoms with Crippen molar-refractivity contribution in [1.82, 2.24) is 4.98 Å². The van der Waals surface area contributed by atoms with E-state index in [2.05, 4.69) is 4.98 Å². The highest BCUT2D eigenvalue weighted by molar-refractivity contribution is 7.12. The zero-order chi connectivity index (χ0) is 12.5. The molecule has 1 aliphatic heterocycles. The Balaban J connectivity index is 2.37. The first kappa shape index (κ1) is 12.5. The van der Waals surface area contributed by atoms with Crippen LogP contribution in [0.15, 0.2) is 0 Å². The van der Waals surface area contributed by atoms with Gasteiger partial charge in [0.2, 0.25) is 0 Å². The summed E-state index contributed by atoms with van der Waals surface area (Å²) in [5.41, 5.74) is -0.339. The van der Waals surface area contributed by atoms with Gasteiger partial charge in [0.05, 0.1) is 0 Å². The Kier molecular flexibility index (Phi) is 3.46. The second kappa shape index (κ2) is 4.72. The molecule has 0 radical (unpaired) electrons. The average molecular weight is 257 g/mol. The molecule has 0 aliphatic carbocycles. The molecular formula is C11H15NO4S. The van der Waals surface area contributed by atoms with Crippen molar-refractivity contribution in [1.29, 1.82) is 0 Å². The number of hydrogen-bond acceptors (Lipinski definition) is 5. The predicted octanol–water partition coefficient (Wildman–Crippen LogP) is 1.80. The molecule has 2 heterocycles. The van der Waals surface area contributed by atoms with Gasteiger partial charge in [0.15, 0.2) is 5.69 Å². The number of carboxylic acid groups (broad SMARTS) is 1. The lowest BCUT2D eigenvalue weighted by Gasteiger charge is -2.33. The highest BCUT2D eigenvalue weighted by Gasteiger charge is 2.38. The Hall–Kier alpha value is -0.980. The van der Waals surface area contributed by atoms with E-state index in [1.54, 1.807) is 14.0 Å². The fourth-order valence-electron chi connectivity index (χ4n) is 2.00. The normalized spacial score (nSPS) is 19.2. The Bertz CT molecular complexity index is 423. The Morgan fingerprint density at radius 1 is 1.53 bits per heavy atom. The summed E-state index contributed by atoms with van der Waals surface area (Å²) < 4.78 is 10.9. The molecule has 5 nitrogen and oxygen atoms in total. The van der Waals surface area contributed by atoms with Gasteiger partial charge in [-0.3, -0.25) is 0 Å². The first-order valence-corrected chi connectivity index (χ1v) is 6.25. The summed E-state index contributed by atoms with van der Waals surface area (Å²) in [6.45, 7) is 3.01. The summed E-state index contributed by atoms with van der Waals surface area (Å²) in [4.78, 5) is 15.9. The average Bonchev–Trinajstić information content (AvgIpc) is 2.73. The number of thiazole rings is 1. The molecule has 0 unspecified atom stereocenters. The number of rotatable bonds is 3. The van der Waals surface area contributed by atoms with Crippen LogP contribution in [-0.2, 0) is 15.1 Å². The first-order valence-electron chi connectivity index (χ1n) is 5.43. The monoisotopic (exact) mass is 257 g/mol. The van der Waals surface area contributed by atoms with Crippen LogP contribution in [0.5, 0.6) is 0 Å². The molecule has 0 bridgehead atoms. The smallest absolute Gasteiger partial charge is 0.355 e. The van der Waals surface area contributed by atoms with Crippen molar-refractivity contribution in [3.05, 3.63) is 15.6 Å². The molecule has 1 N–H and O–H groups in total. The molecule has 1 saturated heterocycles. The summed E-state index contributed by atoms with van der Waals surface area (Å²) in [5, 5.41) is 9.76. The number of nitrogens with zero attached hydrogens (tertiary/aromatic N) is 1. The van der Waals surface area contributed by atoms with Crippen LogP contribution in [0.3, 0.4) is 0 Å². The predicted molar refractivity (Wildman–Crippen MR) is 62.6 cm³/mol. The van der Waals surface area contributed by atoms with E-state index in [4.69, 9.17) is 14.6 Å². The molecule has 94 valence electrons. The van der Waals surface area contributed by atoms with Gasteiger partial charge >= 0.3 is 5.97 Å². The summed E-state index contributed by atoms with van der Waals surface area (Å²) in [6.07, 6.45) is 1.44. The van der Waals surface area contributed by atoms with Gasteiger partial charge in [-0.05, 0) is 6.92 Å². The summed E-state index contributed by atoms with van der Waals surface area (Å²) in [6, 6.07) is 0. The SMILES string of the molecule is COC1(c2nc(C(=O)O)c(C)s2)CCOCC1. The van der Waals surface area contributed by atoms with E-state index in [1.807, 2.05) is 0 Å². The van der Waals surface area contributed by atoms with Crippen LogP contribution in [0.25, 0.3) is 0 Å². The van der Waals surface area contributed by atoms with Gasteiger partial charge in [-0.25, -0.2) is 9.78 Å². The maximum absolute atomic E-state index is 11.0. The second-order valence-electron chi connectivity index (χ2n) is 4.04. The topological polar surface area (TPSA) is 68.7 Å². The fourth-order valence-corrected chi connectivity index (χ4v) is 3.13. The van der Waals surface area contributed by atoms with Gasteiger partial charge in [-0.15, -0.1) is 11.3 Å². The molecule has 6 heteroatoms. The van der Waals surface area contributed by atoms with E-state index in [-0.39, 0.29) is 5.69 Å². The van der Waals surface area contributed by atoms with E-state index in [0.717, 1.165) is 22.7 Å². The fraction of sp³-hybridized carbons (Fsp3) is 0.636. The number of hydrogen-bond donors (Lipinski definition) is 1. The van der Waals surface area contributed by atoms with Crippen LogP contribution in [0, 0.1) is 6.92 Å². The molecule has 0 amide bonds. The lowest BCUT2D eigenvalue weighted by molar-refractivity contribution is -0.0948. The van der Waals surface area contributed by atoms with Crippen LogP contribution >= 0.6 is 11.3 Å². The zero-order valence-corrected chi connectivity index (χ0v) is 10.7. The number of ether oxygens (including phenoxy) is 2. The minimum atomic E-state index is -0.983. The van der Waals surface area contributed by atoms with Gasteiger partial charge in [0.1, 0.15) is 10.6 Å². The van der Waals surface area contributed by atoms with Crippen LogP contribution < -0.4 is 0 Å². The number of methoxy groups -OCH3 is 1. The largest absolute Gasteiger partial charge is 0.476 e. The third-order valence-corrected chi connectivity index (χ3v) is 4.24. The van der Waals surface area contributed by atoms with Crippen molar-refractivity contribution >= 4 is 17.3 Å². The molecule has 1 aliphatic rings. The van der Waals surface area contributed by atoms with Gasteiger partial charge in [0.25, 0.3) is 0 Å². The Labute approximate surface area is 103 Å². The number of carboxylic acids is 1. The molecule has 0 spiro atoms. The maximum Gasteiger partial charge on any atom is 0.355 e. The number of aryl methyl sites for hydroxylation is 1. The van der Waals surface area contributed by atoms with Crippen molar-refractivity contribution in [2.45, 2.75) is 25.4 Å². The highest BCUT2D eigenvalue weighted by atomic mass is 32.1. The highest BCUT2D eigenvalue weighted by Crippen LogP contribution is 2.38. The van der Waals surface area contributed by atoms with E-state index in [0.29, 0.717) is 13.2 Å². The Morgan fingerprint density at radius 3 is 2.65 bits per heavy atom. The van der Waals surface area contributed by atoms with Crippen molar-refractivity contribution in [2.24, 2.45) is 0 Å². The van der Waals surface area contributed by atoms with Crippen LogP contribution in [0.4, 0.5) is 0 Å². The van der Waals surface area contributed by atoms with Gasteiger partial charge < -0.3 is 14.6 Å². The van der Waals surface area contributed by atoms with Gasteiger partial charge in [0, 0.05) is 38.0 Å². The lowest BCUT2D eigenvalue weighted by Crippen LogP contribution is -2.35. The molecule has 0 saturated carbocycles. The van der Waals surface area contributed by atoms with Crippen molar-refractivity contribution in [3.63, 3.8) is 0 Å². The molecule has 1 aromatic rings. The molecule has 2 rings (SSSR count). The second-order valence-corrected chi connectivity index (χ2v) is 5.24. The molecule has 1 fully saturated rings. The number of aromatic carboxylic acids is 1. The van der Waals surface area contributed by atoms with Crippen LogP contribution in [0.1, 0.15) is 33.2 Å². The van der Waals surface area contributed by atoms with Crippen molar-refractivity contribution in [2.75, 3.05) is 20.3 Å². The van der Waals surface area contributed by atoms with Crippen molar-refractivity contribution < 1.29 is 19.4 Å².